The smallest absolute Gasteiger partial charge is 0.0484 e. The van der Waals surface area contributed by atoms with E-state index in [1.54, 1.807) is 0 Å². The number of benzene rings is 1. The molecule has 0 amide bonds. The van der Waals surface area contributed by atoms with Crippen LogP contribution < -0.4 is 5.73 Å². The van der Waals surface area contributed by atoms with Crippen LogP contribution in [-0.4, -0.2) is 0 Å². The Morgan fingerprint density at radius 2 is 1.73 bits per heavy atom. The van der Waals surface area contributed by atoms with Crippen molar-refractivity contribution < 1.29 is 0 Å². The van der Waals surface area contributed by atoms with Gasteiger partial charge < -0.3 is 5.73 Å². The van der Waals surface area contributed by atoms with E-state index in [2.05, 4.69) is 40.2 Å². The van der Waals surface area contributed by atoms with Crippen LogP contribution >= 0.6 is 15.9 Å². The molecule has 2 aliphatic carbocycles. The Labute approximate surface area is 99.2 Å². The molecule has 1 aromatic rings. The van der Waals surface area contributed by atoms with E-state index in [0.717, 1.165) is 11.8 Å². The van der Waals surface area contributed by atoms with Crippen molar-refractivity contribution in [3.63, 3.8) is 0 Å². The predicted octanol–water partition coefficient (Wildman–Crippen LogP) is 3.42. The molecule has 2 aliphatic rings. The summed E-state index contributed by atoms with van der Waals surface area (Å²) < 4.78 is 1.18. The van der Waals surface area contributed by atoms with Gasteiger partial charge in [-0.15, -0.1) is 0 Å². The average molecular weight is 266 g/mol. The molecule has 0 bridgehead atoms. The summed E-state index contributed by atoms with van der Waals surface area (Å²) in [6.07, 6.45) is 5.38. The fraction of sp³-hybridized carbons (Fsp3) is 0.538. The Morgan fingerprint density at radius 1 is 1.13 bits per heavy atom. The minimum atomic E-state index is -0.0173. The second kappa shape index (κ2) is 3.33. The van der Waals surface area contributed by atoms with E-state index in [4.69, 9.17) is 5.73 Å². The Hall–Kier alpha value is -0.340. The normalized spacial score (nSPS) is 38.5. The van der Waals surface area contributed by atoms with E-state index in [0.29, 0.717) is 0 Å². The summed E-state index contributed by atoms with van der Waals surface area (Å²) >= 11 is 3.63. The minimum absolute atomic E-state index is 0.0173. The molecule has 0 aliphatic heterocycles. The van der Waals surface area contributed by atoms with Crippen LogP contribution in [0.4, 0.5) is 0 Å². The number of halogens is 1. The van der Waals surface area contributed by atoms with Crippen LogP contribution in [0.3, 0.4) is 0 Å². The van der Waals surface area contributed by atoms with Crippen molar-refractivity contribution in [2.45, 2.75) is 31.2 Å². The maximum atomic E-state index is 6.59. The van der Waals surface area contributed by atoms with Gasteiger partial charge in [0.15, 0.2) is 0 Å². The maximum absolute atomic E-state index is 6.59. The molecule has 2 N–H and O–H groups in total. The van der Waals surface area contributed by atoms with E-state index in [1.165, 1.54) is 35.7 Å². The Morgan fingerprint density at radius 3 is 2.33 bits per heavy atom. The molecule has 2 saturated carbocycles. The monoisotopic (exact) mass is 265 g/mol. The van der Waals surface area contributed by atoms with Gasteiger partial charge >= 0.3 is 0 Å². The lowest BCUT2D eigenvalue weighted by molar-refractivity contribution is 0.480. The van der Waals surface area contributed by atoms with Gasteiger partial charge in [-0.1, -0.05) is 47.0 Å². The van der Waals surface area contributed by atoms with Crippen LogP contribution in [0, 0.1) is 11.8 Å². The fourth-order valence-electron chi connectivity index (χ4n) is 3.38. The van der Waals surface area contributed by atoms with Crippen molar-refractivity contribution in [2.75, 3.05) is 0 Å². The van der Waals surface area contributed by atoms with E-state index in [1.807, 2.05) is 0 Å². The molecule has 2 fully saturated rings. The van der Waals surface area contributed by atoms with E-state index < -0.39 is 0 Å². The molecular weight excluding hydrogens is 250 g/mol. The minimum Gasteiger partial charge on any atom is -0.321 e. The zero-order chi connectivity index (χ0) is 10.5. The summed E-state index contributed by atoms with van der Waals surface area (Å²) in [6.45, 7) is 0. The highest BCUT2D eigenvalue weighted by molar-refractivity contribution is 9.10. The molecule has 0 aromatic heterocycles. The van der Waals surface area contributed by atoms with Crippen molar-refractivity contribution in [1.29, 1.82) is 0 Å². The second-order valence-corrected chi connectivity index (χ2v) is 5.76. The zero-order valence-corrected chi connectivity index (χ0v) is 10.3. The molecule has 80 valence electrons. The van der Waals surface area contributed by atoms with Crippen molar-refractivity contribution in [3.8, 4) is 0 Å². The Balaban J connectivity index is 1.98. The van der Waals surface area contributed by atoms with Gasteiger partial charge in [-0.05, 0) is 36.3 Å². The number of fused-ring (bicyclic) bond motifs is 1. The summed E-state index contributed by atoms with van der Waals surface area (Å²) in [4.78, 5) is 0. The average Bonchev–Trinajstić information content (AvgIpc) is 2.87. The summed E-state index contributed by atoms with van der Waals surface area (Å²) in [5.74, 6) is 1.48. The standard InChI is InChI=1S/C13H16BrN/c14-12-8-4-3-7-11(12)13(15)9-5-1-2-6-10(9)13/h3-4,7-10H,1-2,5-6,15H2. The van der Waals surface area contributed by atoms with Crippen molar-refractivity contribution >= 4 is 15.9 Å². The number of rotatable bonds is 1. The van der Waals surface area contributed by atoms with Gasteiger partial charge in [-0.2, -0.15) is 0 Å². The predicted molar refractivity (Wildman–Crippen MR) is 65.5 cm³/mol. The second-order valence-electron chi connectivity index (χ2n) is 4.91. The lowest BCUT2D eigenvalue weighted by Crippen LogP contribution is -2.24. The third-order valence-electron chi connectivity index (χ3n) is 4.22. The summed E-state index contributed by atoms with van der Waals surface area (Å²) in [6, 6.07) is 8.44. The van der Waals surface area contributed by atoms with Crippen molar-refractivity contribution in [3.05, 3.63) is 34.3 Å². The van der Waals surface area contributed by atoms with Crippen LogP contribution in [0.2, 0.25) is 0 Å². The Kier molecular flexibility index (Phi) is 2.18. The number of hydrogen-bond donors (Lipinski definition) is 1. The van der Waals surface area contributed by atoms with Crippen LogP contribution in [0.25, 0.3) is 0 Å². The molecule has 2 unspecified atom stereocenters. The number of hydrogen-bond acceptors (Lipinski definition) is 1. The molecular formula is C13H16BrN. The largest absolute Gasteiger partial charge is 0.321 e. The topological polar surface area (TPSA) is 26.0 Å². The van der Waals surface area contributed by atoms with Gasteiger partial charge in [0.25, 0.3) is 0 Å². The first-order valence-electron chi connectivity index (χ1n) is 5.78. The first kappa shape index (κ1) is 9.86. The van der Waals surface area contributed by atoms with Gasteiger partial charge in [-0.25, -0.2) is 0 Å². The highest BCUT2D eigenvalue weighted by atomic mass is 79.9. The zero-order valence-electron chi connectivity index (χ0n) is 8.75. The third kappa shape index (κ3) is 1.31. The molecule has 15 heavy (non-hydrogen) atoms. The van der Waals surface area contributed by atoms with Gasteiger partial charge in [0.2, 0.25) is 0 Å². The molecule has 2 heteroatoms. The van der Waals surface area contributed by atoms with E-state index in [-0.39, 0.29) is 5.54 Å². The molecule has 0 heterocycles. The fourth-order valence-corrected chi connectivity index (χ4v) is 4.01. The van der Waals surface area contributed by atoms with Gasteiger partial charge in [0, 0.05) is 10.0 Å². The first-order valence-corrected chi connectivity index (χ1v) is 6.58. The highest BCUT2D eigenvalue weighted by Gasteiger charge is 2.63. The highest BCUT2D eigenvalue weighted by Crippen LogP contribution is 2.63. The summed E-state index contributed by atoms with van der Waals surface area (Å²) in [7, 11) is 0. The molecule has 1 aromatic carbocycles. The van der Waals surface area contributed by atoms with Gasteiger partial charge in [0.05, 0.1) is 0 Å². The van der Waals surface area contributed by atoms with E-state index in [9.17, 15) is 0 Å². The molecule has 0 radical (unpaired) electrons. The van der Waals surface area contributed by atoms with Crippen LogP contribution in [0.1, 0.15) is 31.2 Å². The quantitative estimate of drug-likeness (QED) is 0.828. The SMILES string of the molecule is NC1(c2ccccc2Br)C2CCCCC21. The molecule has 0 saturated heterocycles. The first-order chi connectivity index (χ1) is 7.24. The molecule has 0 spiro atoms. The summed E-state index contributed by atoms with van der Waals surface area (Å²) in [5.41, 5.74) is 7.89. The maximum Gasteiger partial charge on any atom is 0.0484 e. The van der Waals surface area contributed by atoms with Crippen molar-refractivity contribution in [2.24, 2.45) is 17.6 Å². The molecule has 3 rings (SSSR count). The van der Waals surface area contributed by atoms with Gasteiger partial charge in [-0.3, -0.25) is 0 Å². The third-order valence-corrected chi connectivity index (χ3v) is 4.92. The lowest BCUT2D eigenvalue weighted by atomic mass is 10.0. The van der Waals surface area contributed by atoms with Gasteiger partial charge in [0.1, 0.15) is 0 Å². The lowest BCUT2D eigenvalue weighted by Gasteiger charge is -2.14. The van der Waals surface area contributed by atoms with E-state index >= 15 is 0 Å². The van der Waals surface area contributed by atoms with Crippen molar-refractivity contribution in [1.82, 2.24) is 0 Å². The Bertz CT molecular complexity index is 376. The van der Waals surface area contributed by atoms with Crippen LogP contribution in [-0.2, 0) is 5.54 Å². The number of nitrogens with two attached hydrogens (primary N) is 1. The summed E-state index contributed by atoms with van der Waals surface area (Å²) in [5, 5.41) is 0. The molecule has 1 nitrogen and oxygen atoms in total. The molecule has 2 atom stereocenters. The van der Waals surface area contributed by atoms with Crippen LogP contribution in [0.15, 0.2) is 28.7 Å². The van der Waals surface area contributed by atoms with Crippen LogP contribution in [0.5, 0.6) is 0 Å².